The van der Waals surface area contributed by atoms with Gasteiger partial charge in [0.25, 0.3) is 0 Å². The molecule has 1 aliphatic heterocycles. The van der Waals surface area contributed by atoms with Gasteiger partial charge in [0.05, 0.1) is 24.2 Å². The smallest absolute Gasteiger partial charge is 0.104 e. The van der Waals surface area contributed by atoms with Crippen LogP contribution < -0.4 is 11.1 Å². The van der Waals surface area contributed by atoms with E-state index in [4.69, 9.17) is 10.5 Å². The highest BCUT2D eigenvalue weighted by Crippen LogP contribution is 2.20. The van der Waals surface area contributed by atoms with Gasteiger partial charge in [0.2, 0.25) is 0 Å². The summed E-state index contributed by atoms with van der Waals surface area (Å²) in [7, 11) is 0. The fourth-order valence-corrected chi connectivity index (χ4v) is 2.41. The molecule has 0 bridgehead atoms. The molecule has 0 aliphatic carbocycles. The van der Waals surface area contributed by atoms with Gasteiger partial charge < -0.3 is 20.8 Å². The van der Waals surface area contributed by atoms with Crippen molar-refractivity contribution in [3.8, 4) is 0 Å². The Bertz CT molecular complexity index is 545. The Labute approximate surface area is 106 Å². The van der Waals surface area contributed by atoms with Gasteiger partial charge in [0, 0.05) is 18.6 Å². The van der Waals surface area contributed by atoms with Gasteiger partial charge in [-0.3, -0.25) is 0 Å². The van der Waals surface area contributed by atoms with Crippen LogP contribution in [-0.2, 0) is 4.74 Å². The van der Waals surface area contributed by atoms with E-state index in [-0.39, 0.29) is 12.1 Å². The van der Waals surface area contributed by atoms with Gasteiger partial charge in [-0.25, -0.2) is 4.98 Å². The summed E-state index contributed by atoms with van der Waals surface area (Å²) in [5.41, 5.74) is 9.42. The molecule has 18 heavy (non-hydrogen) atoms. The number of aryl methyl sites for hydroxylation is 1. The molecular formula is C13H18N4O. The number of rotatable bonds is 2. The third kappa shape index (κ3) is 2.12. The molecule has 2 unspecified atom stereocenters. The molecule has 5 heteroatoms. The maximum atomic E-state index is 6.29. The van der Waals surface area contributed by atoms with E-state index in [0.29, 0.717) is 6.61 Å². The monoisotopic (exact) mass is 246 g/mol. The molecule has 3 rings (SSSR count). The molecule has 1 aromatic heterocycles. The number of benzene rings is 1. The van der Waals surface area contributed by atoms with Crippen LogP contribution in [0.3, 0.4) is 0 Å². The van der Waals surface area contributed by atoms with Crippen LogP contribution in [0.2, 0.25) is 0 Å². The molecule has 0 radical (unpaired) electrons. The number of hydrogen-bond donors (Lipinski definition) is 3. The van der Waals surface area contributed by atoms with Crippen molar-refractivity contribution in [1.82, 2.24) is 15.3 Å². The first-order valence-electron chi connectivity index (χ1n) is 6.27. The third-order valence-electron chi connectivity index (χ3n) is 3.39. The number of hydrogen-bond acceptors (Lipinski definition) is 4. The first-order chi connectivity index (χ1) is 8.74. The van der Waals surface area contributed by atoms with Gasteiger partial charge >= 0.3 is 0 Å². The third-order valence-corrected chi connectivity index (χ3v) is 3.39. The van der Waals surface area contributed by atoms with Gasteiger partial charge in [-0.15, -0.1) is 0 Å². The molecule has 1 saturated heterocycles. The average Bonchev–Trinajstić information content (AvgIpc) is 2.78. The lowest BCUT2D eigenvalue weighted by Gasteiger charge is -2.29. The molecular weight excluding hydrogens is 228 g/mol. The summed E-state index contributed by atoms with van der Waals surface area (Å²) < 4.78 is 5.45. The van der Waals surface area contributed by atoms with Gasteiger partial charge in [-0.1, -0.05) is 6.07 Å². The molecule has 0 amide bonds. The van der Waals surface area contributed by atoms with Gasteiger partial charge in [-0.05, 0) is 24.6 Å². The SMILES string of the molecule is Cc1nc2ccc(C(N)C3COCCN3)cc2[nH]1. The highest BCUT2D eigenvalue weighted by molar-refractivity contribution is 5.76. The Morgan fingerprint density at radius 2 is 2.39 bits per heavy atom. The van der Waals surface area contributed by atoms with Crippen LogP contribution in [0.5, 0.6) is 0 Å². The van der Waals surface area contributed by atoms with Crippen molar-refractivity contribution in [2.24, 2.45) is 5.73 Å². The van der Waals surface area contributed by atoms with Crippen molar-refractivity contribution in [3.05, 3.63) is 29.6 Å². The van der Waals surface area contributed by atoms with Crippen molar-refractivity contribution in [3.63, 3.8) is 0 Å². The second-order valence-electron chi connectivity index (χ2n) is 4.76. The second kappa shape index (κ2) is 4.68. The van der Waals surface area contributed by atoms with E-state index in [1.807, 2.05) is 19.1 Å². The minimum absolute atomic E-state index is 0.0571. The highest BCUT2D eigenvalue weighted by Gasteiger charge is 2.22. The number of aromatic nitrogens is 2. The van der Waals surface area contributed by atoms with Crippen LogP contribution >= 0.6 is 0 Å². The van der Waals surface area contributed by atoms with Crippen LogP contribution in [0.1, 0.15) is 17.4 Å². The number of H-pyrrole nitrogens is 1. The number of ether oxygens (including phenoxy) is 1. The zero-order chi connectivity index (χ0) is 12.5. The minimum Gasteiger partial charge on any atom is -0.378 e. The first kappa shape index (κ1) is 11.6. The Balaban J connectivity index is 1.88. The molecule has 2 aromatic rings. The first-order valence-corrected chi connectivity index (χ1v) is 6.27. The summed E-state index contributed by atoms with van der Waals surface area (Å²) in [4.78, 5) is 7.63. The van der Waals surface area contributed by atoms with Crippen LogP contribution in [-0.4, -0.2) is 35.8 Å². The lowest BCUT2D eigenvalue weighted by molar-refractivity contribution is 0.0685. The number of nitrogens with two attached hydrogens (primary N) is 1. The van der Waals surface area contributed by atoms with Crippen LogP contribution in [0.25, 0.3) is 11.0 Å². The van der Waals surface area contributed by atoms with Crippen molar-refractivity contribution in [1.29, 1.82) is 0 Å². The predicted molar refractivity (Wildman–Crippen MR) is 70.4 cm³/mol. The molecule has 0 saturated carbocycles. The maximum absolute atomic E-state index is 6.29. The van der Waals surface area contributed by atoms with E-state index in [1.54, 1.807) is 0 Å². The van der Waals surface area contributed by atoms with E-state index in [9.17, 15) is 0 Å². The van der Waals surface area contributed by atoms with Gasteiger partial charge in [0.15, 0.2) is 0 Å². The molecule has 1 aromatic carbocycles. The molecule has 5 nitrogen and oxygen atoms in total. The minimum atomic E-state index is -0.0571. The number of morpholine rings is 1. The Hall–Kier alpha value is -1.43. The largest absolute Gasteiger partial charge is 0.378 e. The Kier molecular flexibility index (Phi) is 3.03. The van der Waals surface area contributed by atoms with Crippen LogP contribution in [0.15, 0.2) is 18.2 Å². The van der Waals surface area contributed by atoms with Crippen molar-refractivity contribution in [2.75, 3.05) is 19.8 Å². The average molecular weight is 246 g/mol. The molecule has 2 atom stereocenters. The zero-order valence-corrected chi connectivity index (χ0v) is 10.4. The van der Waals surface area contributed by atoms with Gasteiger partial charge in [-0.2, -0.15) is 0 Å². The summed E-state index contributed by atoms with van der Waals surface area (Å²) in [6.07, 6.45) is 0. The van der Waals surface area contributed by atoms with E-state index in [1.165, 1.54) is 0 Å². The maximum Gasteiger partial charge on any atom is 0.104 e. The predicted octanol–water partition coefficient (Wildman–Crippen LogP) is 0.860. The Morgan fingerprint density at radius 3 is 3.17 bits per heavy atom. The van der Waals surface area contributed by atoms with Crippen molar-refractivity contribution in [2.45, 2.75) is 19.0 Å². The number of imidazole rings is 1. The summed E-state index contributed by atoms with van der Waals surface area (Å²) in [6.45, 7) is 4.25. The summed E-state index contributed by atoms with van der Waals surface area (Å²) >= 11 is 0. The van der Waals surface area contributed by atoms with E-state index >= 15 is 0 Å². The number of fused-ring (bicyclic) bond motifs is 1. The number of nitrogens with zero attached hydrogens (tertiary/aromatic N) is 1. The lowest BCUT2D eigenvalue weighted by atomic mass is 9.99. The standard InChI is InChI=1S/C13H18N4O/c1-8-16-10-3-2-9(6-11(10)17-8)13(14)12-7-18-5-4-15-12/h2-3,6,12-13,15H,4-5,7,14H2,1H3,(H,16,17). The Morgan fingerprint density at radius 1 is 1.50 bits per heavy atom. The topological polar surface area (TPSA) is 76.0 Å². The summed E-state index contributed by atoms with van der Waals surface area (Å²) in [6, 6.07) is 6.26. The fourth-order valence-electron chi connectivity index (χ4n) is 2.41. The van der Waals surface area contributed by atoms with Gasteiger partial charge in [0.1, 0.15) is 5.82 Å². The van der Waals surface area contributed by atoms with E-state index in [2.05, 4.69) is 21.4 Å². The normalized spacial score (nSPS) is 22.2. The van der Waals surface area contributed by atoms with Crippen molar-refractivity contribution < 1.29 is 4.74 Å². The molecule has 0 spiro atoms. The number of nitrogens with one attached hydrogen (secondary N) is 2. The lowest BCUT2D eigenvalue weighted by Crippen LogP contribution is -2.47. The molecule has 2 heterocycles. The fraction of sp³-hybridized carbons (Fsp3) is 0.462. The zero-order valence-electron chi connectivity index (χ0n) is 10.4. The molecule has 4 N–H and O–H groups in total. The molecule has 1 fully saturated rings. The number of aromatic amines is 1. The second-order valence-corrected chi connectivity index (χ2v) is 4.76. The molecule has 1 aliphatic rings. The highest BCUT2D eigenvalue weighted by atomic mass is 16.5. The van der Waals surface area contributed by atoms with E-state index in [0.717, 1.165) is 35.6 Å². The quantitative estimate of drug-likeness (QED) is 0.734. The van der Waals surface area contributed by atoms with Crippen LogP contribution in [0, 0.1) is 6.92 Å². The van der Waals surface area contributed by atoms with Crippen molar-refractivity contribution >= 4 is 11.0 Å². The van der Waals surface area contributed by atoms with Crippen LogP contribution in [0.4, 0.5) is 0 Å². The van der Waals surface area contributed by atoms with E-state index < -0.39 is 0 Å². The molecule has 96 valence electrons. The summed E-state index contributed by atoms with van der Waals surface area (Å²) in [5.74, 6) is 0.926. The summed E-state index contributed by atoms with van der Waals surface area (Å²) in [5, 5.41) is 3.39.